The minimum absolute atomic E-state index is 0.162. The molecule has 0 spiro atoms. The van der Waals surface area contributed by atoms with E-state index in [1.54, 1.807) is 18.2 Å². The third kappa shape index (κ3) is 3.78. The van der Waals surface area contributed by atoms with E-state index in [-0.39, 0.29) is 23.2 Å². The molecule has 2 aromatic heterocycles. The van der Waals surface area contributed by atoms with Crippen LogP contribution < -0.4 is 4.74 Å². The maximum atomic E-state index is 14.4. The van der Waals surface area contributed by atoms with Gasteiger partial charge in [0.05, 0.1) is 18.8 Å². The van der Waals surface area contributed by atoms with Gasteiger partial charge in [-0.3, -0.25) is 4.90 Å². The second-order valence-electron chi connectivity index (χ2n) is 7.21. The highest BCUT2D eigenvalue weighted by Crippen LogP contribution is 2.35. The molecule has 1 saturated heterocycles. The zero-order chi connectivity index (χ0) is 20.8. The molecule has 1 fully saturated rings. The number of aromatic nitrogens is 3. The standard InChI is InChI=1S/C20H20F4N4O/c1-12-8-18(20(22,23)24)28-19(25-12)10-16(26-28)17-4-3-7-27(17)11-13-5-6-14(29-2)9-15(13)21/h5-6,8-10,17H,3-4,7,11H2,1-2H3/t17-/m0/s1. The molecule has 154 valence electrons. The van der Waals surface area contributed by atoms with Gasteiger partial charge in [0.1, 0.15) is 17.3 Å². The van der Waals surface area contributed by atoms with Crippen molar-refractivity contribution in [2.24, 2.45) is 0 Å². The second-order valence-corrected chi connectivity index (χ2v) is 7.21. The maximum absolute atomic E-state index is 14.4. The molecule has 0 radical (unpaired) electrons. The highest BCUT2D eigenvalue weighted by molar-refractivity contribution is 5.43. The predicted molar refractivity (Wildman–Crippen MR) is 98.1 cm³/mol. The third-order valence-corrected chi connectivity index (χ3v) is 5.20. The van der Waals surface area contributed by atoms with Gasteiger partial charge < -0.3 is 4.74 Å². The Morgan fingerprint density at radius 1 is 1.21 bits per heavy atom. The smallest absolute Gasteiger partial charge is 0.433 e. The van der Waals surface area contributed by atoms with Crippen molar-refractivity contribution in [1.82, 2.24) is 19.5 Å². The van der Waals surface area contributed by atoms with Crippen molar-refractivity contribution in [2.75, 3.05) is 13.7 Å². The average Bonchev–Trinajstić information content (AvgIpc) is 3.28. The van der Waals surface area contributed by atoms with Crippen molar-refractivity contribution >= 4 is 5.65 Å². The molecule has 9 heteroatoms. The minimum atomic E-state index is -4.53. The molecule has 0 amide bonds. The monoisotopic (exact) mass is 408 g/mol. The van der Waals surface area contributed by atoms with Crippen LogP contribution in [0, 0.1) is 12.7 Å². The van der Waals surface area contributed by atoms with Crippen LogP contribution in [0.2, 0.25) is 0 Å². The largest absolute Gasteiger partial charge is 0.497 e. The molecule has 0 N–H and O–H groups in total. The Morgan fingerprint density at radius 3 is 2.69 bits per heavy atom. The van der Waals surface area contributed by atoms with Gasteiger partial charge in [0.2, 0.25) is 0 Å². The number of benzene rings is 1. The van der Waals surface area contributed by atoms with E-state index in [2.05, 4.69) is 10.1 Å². The minimum Gasteiger partial charge on any atom is -0.497 e. The van der Waals surface area contributed by atoms with Crippen LogP contribution in [0.3, 0.4) is 0 Å². The van der Waals surface area contributed by atoms with E-state index < -0.39 is 11.9 Å². The predicted octanol–water partition coefficient (Wildman–Crippen LogP) is 4.54. The number of halogens is 4. The first-order chi connectivity index (χ1) is 13.8. The van der Waals surface area contributed by atoms with Gasteiger partial charge in [0.15, 0.2) is 5.65 Å². The summed E-state index contributed by atoms with van der Waals surface area (Å²) in [6.07, 6.45) is -2.94. The van der Waals surface area contributed by atoms with Gasteiger partial charge >= 0.3 is 6.18 Å². The lowest BCUT2D eigenvalue weighted by Gasteiger charge is -2.23. The first-order valence-electron chi connectivity index (χ1n) is 9.27. The number of hydrogen-bond donors (Lipinski definition) is 0. The quantitative estimate of drug-likeness (QED) is 0.595. The lowest BCUT2D eigenvalue weighted by atomic mass is 10.1. The SMILES string of the molecule is COc1ccc(CN2CCC[C@H]2c2cc3nc(C)cc(C(F)(F)F)n3n2)c(F)c1. The van der Waals surface area contributed by atoms with Crippen LogP contribution in [-0.4, -0.2) is 33.2 Å². The van der Waals surface area contributed by atoms with E-state index >= 15 is 0 Å². The topological polar surface area (TPSA) is 42.7 Å². The van der Waals surface area contributed by atoms with Gasteiger partial charge in [-0.2, -0.15) is 18.3 Å². The molecule has 5 nitrogen and oxygen atoms in total. The van der Waals surface area contributed by atoms with Crippen LogP contribution in [0.25, 0.3) is 5.65 Å². The number of rotatable bonds is 4. The van der Waals surface area contributed by atoms with Crippen molar-refractivity contribution in [1.29, 1.82) is 0 Å². The molecule has 0 aliphatic carbocycles. The number of nitrogens with zero attached hydrogens (tertiary/aromatic N) is 4. The lowest BCUT2D eigenvalue weighted by Crippen LogP contribution is -2.24. The highest BCUT2D eigenvalue weighted by atomic mass is 19.4. The molecule has 0 saturated carbocycles. The summed E-state index contributed by atoms with van der Waals surface area (Å²) in [5.74, 6) is 0.0624. The molecular weight excluding hydrogens is 388 g/mol. The third-order valence-electron chi connectivity index (χ3n) is 5.20. The van der Waals surface area contributed by atoms with E-state index in [0.29, 0.717) is 30.1 Å². The van der Waals surface area contributed by atoms with Crippen molar-refractivity contribution in [3.63, 3.8) is 0 Å². The number of methoxy groups -OCH3 is 1. The molecule has 1 aromatic carbocycles. The van der Waals surface area contributed by atoms with Gasteiger partial charge in [0, 0.05) is 29.9 Å². The van der Waals surface area contributed by atoms with Crippen LogP contribution in [0.1, 0.15) is 41.5 Å². The van der Waals surface area contributed by atoms with Gasteiger partial charge in [-0.1, -0.05) is 6.07 Å². The Labute approximate surface area is 164 Å². The first-order valence-corrected chi connectivity index (χ1v) is 9.27. The number of likely N-dealkylation sites (tertiary alicyclic amines) is 1. The van der Waals surface area contributed by atoms with E-state index in [1.165, 1.54) is 20.1 Å². The fraction of sp³-hybridized carbons (Fsp3) is 0.400. The lowest BCUT2D eigenvalue weighted by molar-refractivity contribution is -0.142. The molecule has 0 unspecified atom stereocenters. The molecule has 3 aromatic rings. The molecule has 0 bridgehead atoms. The van der Waals surface area contributed by atoms with E-state index in [1.807, 2.05) is 4.90 Å². The average molecular weight is 408 g/mol. The normalized spacial score (nSPS) is 17.9. The number of alkyl halides is 3. The molecule has 29 heavy (non-hydrogen) atoms. The summed E-state index contributed by atoms with van der Waals surface area (Å²) in [5, 5.41) is 4.22. The Morgan fingerprint density at radius 2 is 2.00 bits per heavy atom. The molecule has 4 rings (SSSR count). The van der Waals surface area contributed by atoms with Gasteiger partial charge in [-0.25, -0.2) is 13.9 Å². The van der Waals surface area contributed by atoms with Gasteiger partial charge in [0.25, 0.3) is 0 Å². The van der Waals surface area contributed by atoms with Crippen molar-refractivity contribution in [3.8, 4) is 5.75 Å². The second kappa shape index (κ2) is 7.29. The number of aryl methyl sites for hydroxylation is 1. The summed E-state index contributed by atoms with van der Waals surface area (Å²) in [7, 11) is 1.47. The van der Waals surface area contributed by atoms with Crippen molar-refractivity contribution < 1.29 is 22.3 Å². The molecule has 3 heterocycles. The summed E-state index contributed by atoms with van der Waals surface area (Å²) in [6.45, 7) is 2.58. The van der Waals surface area contributed by atoms with Crippen LogP contribution in [0.4, 0.5) is 17.6 Å². The zero-order valence-corrected chi connectivity index (χ0v) is 16.0. The summed E-state index contributed by atoms with van der Waals surface area (Å²) in [5.41, 5.74) is 0.609. The molecular formula is C20H20F4N4O. The maximum Gasteiger partial charge on any atom is 0.433 e. The number of fused-ring (bicyclic) bond motifs is 1. The van der Waals surface area contributed by atoms with Crippen molar-refractivity contribution in [2.45, 2.75) is 38.5 Å². The Balaban J connectivity index is 1.66. The fourth-order valence-corrected chi connectivity index (χ4v) is 3.83. The first kappa shape index (κ1) is 19.6. The van der Waals surface area contributed by atoms with E-state index in [0.717, 1.165) is 23.4 Å². The number of ether oxygens (including phenoxy) is 1. The fourth-order valence-electron chi connectivity index (χ4n) is 3.83. The summed E-state index contributed by atoms with van der Waals surface area (Å²) >= 11 is 0. The highest BCUT2D eigenvalue weighted by Gasteiger charge is 2.36. The molecule has 1 aliphatic heterocycles. The Hall–Kier alpha value is -2.68. The van der Waals surface area contributed by atoms with Gasteiger partial charge in [-0.15, -0.1) is 0 Å². The van der Waals surface area contributed by atoms with Crippen LogP contribution in [0.15, 0.2) is 30.3 Å². The van der Waals surface area contributed by atoms with Crippen molar-refractivity contribution in [3.05, 3.63) is 58.8 Å². The zero-order valence-electron chi connectivity index (χ0n) is 16.0. The van der Waals surface area contributed by atoms with E-state index in [9.17, 15) is 17.6 Å². The molecule has 1 atom stereocenters. The summed E-state index contributed by atoms with van der Waals surface area (Å²) in [6, 6.07) is 7.07. The van der Waals surface area contributed by atoms with Crippen LogP contribution in [-0.2, 0) is 12.7 Å². The summed E-state index contributed by atoms with van der Waals surface area (Å²) < 4.78 is 60.4. The summed E-state index contributed by atoms with van der Waals surface area (Å²) in [4.78, 5) is 6.23. The van der Waals surface area contributed by atoms with Crippen LogP contribution in [0.5, 0.6) is 5.75 Å². The van der Waals surface area contributed by atoms with Crippen LogP contribution >= 0.6 is 0 Å². The van der Waals surface area contributed by atoms with E-state index in [4.69, 9.17) is 4.74 Å². The molecule has 1 aliphatic rings. The Bertz CT molecular complexity index is 1050. The Kier molecular flexibility index (Phi) is 4.94. The number of hydrogen-bond acceptors (Lipinski definition) is 4. The van der Waals surface area contributed by atoms with Gasteiger partial charge in [-0.05, 0) is 38.4 Å².